The average molecular weight is 279 g/mol. The Balaban J connectivity index is 3.08. The number of nitrogens with one attached hydrogen (secondary N) is 1. The van der Waals surface area contributed by atoms with Crippen molar-refractivity contribution in [1.82, 2.24) is 5.32 Å². The van der Waals surface area contributed by atoms with Crippen LogP contribution in [0.4, 0.5) is 17.6 Å². The molecule has 0 heterocycles. The molecule has 0 bridgehead atoms. The van der Waals surface area contributed by atoms with E-state index in [1.54, 1.807) is 0 Å². The summed E-state index contributed by atoms with van der Waals surface area (Å²) in [6.45, 7) is 2.56. The van der Waals surface area contributed by atoms with Crippen LogP contribution in [0, 0.1) is 5.82 Å². The molecule has 0 saturated carbocycles. The maximum atomic E-state index is 13.1. The number of hydrogen-bond donors (Lipinski definition) is 2. The Morgan fingerprint density at radius 2 is 1.84 bits per heavy atom. The molecule has 1 aromatic carbocycles. The Kier molecular flexibility index (Phi) is 4.19. The van der Waals surface area contributed by atoms with E-state index in [2.05, 4.69) is 5.32 Å². The lowest BCUT2D eigenvalue weighted by molar-refractivity contribution is -0.137. The summed E-state index contributed by atoms with van der Waals surface area (Å²) in [6.07, 6.45) is -4.73. The van der Waals surface area contributed by atoms with E-state index in [0.717, 1.165) is 0 Å². The summed E-state index contributed by atoms with van der Waals surface area (Å²) in [7, 11) is 0. The zero-order chi connectivity index (χ0) is 14.8. The zero-order valence-corrected chi connectivity index (χ0v) is 10.3. The molecule has 0 aromatic heterocycles. The summed E-state index contributed by atoms with van der Waals surface area (Å²) >= 11 is 0. The second kappa shape index (κ2) is 5.16. The van der Waals surface area contributed by atoms with E-state index in [9.17, 15) is 22.4 Å². The number of benzene rings is 1. The van der Waals surface area contributed by atoms with Gasteiger partial charge in [0, 0.05) is 5.56 Å². The van der Waals surface area contributed by atoms with Crippen molar-refractivity contribution in [3.8, 4) is 0 Å². The van der Waals surface area contributed by atoms with Crippen LogP contribution >= 0.6 is 0 Å². The molecule has 1 aromatic rings. The monoisotopic (exact) mass is 279 g/mol. The second-order valence-electron chi connectivity index (χ2n) is 4.72. The topological polar surface area (TPSA) is 49.3 Å². The van der Waals surface area contributed by atoms with Gasteiger partial charge in [0.05, 0.1) is 17.7 Å². The van der Waals surface area contributed by atoms with Crippen LogP contribution in [0.1, 0.15) is 29.8 Å². The van der Waals surface area contributed by atoms with Crippen LogP contribution in [0.25, 0.3) is 0 Å². The molecule has 0 aliphatic rings. The van der Waals surface area contributed by atoms with Crippen LogP contribution in [0.3, 0.4) is 0 Å². The Morgan fingerprint density at radius 3 is 2.32 bits per heavy atom. The first-order chi connectivity index (χ1) is 8.55. The van der Waals surface area contributed by atoms with E-state index in [0.29, 0.717) is 18.2 Å². The molecule has 7 heteroatoms. The summed E-state index contributed by atoms with van der Waals surface area (Å²) in [5.41, 5.74) is -2.70. The molecule has 3 nitrogen and oxygen atoms in total. The summed E-state index contributed by atoms with van der Waals surface area (Å²) in [5.74, 6) is -2.04. The minimum absolute atomic E-state index is 0.313. The highest BCUT2D eigenvalue weighted by atomic mass is 19.4. The normalized spacial score (nSPS) is 12.4. The second-order valence-corrected chi connectivity index (χ2v) is 4.72. The molecular formula is C12H13F4NO2. The van der Waals surface area contributed by atoms with Gasteiger partial charge in [-0.25, -0.2) is 4.39 Å². The maximum Gasteiger partial charge on any atom is 0.416 e. The van der Waals surface area contributed by atoms with Crippen LogP contribution in [-0.2, 0) is 6.18 Å². The highest BCUT2D eigenvalue weighted by Crippen LogP contribution is 2.30. The number of rotatable bonds is 3. The minimum Gasteiger partial charge on any atom is -0.394 e. The lowest BCUT2D eigenvalue weighted by atomic mass is 10.0. The van der Waals surface area contributed by atoms with Gasteiger partial charge in [-0.2, -0.15) is 13.2 Å². The first-order valence-electron chi connectivity index (χ1n) is 5.36. The van der Waals surface area contributed by atoms with Gasteiger partial charge in [-0.3, -0.25) is 4.79 Å². The van der Waals surface area contributed by atoms with Crippen molar-refractivity contribution >= 4 is 5.91 Å². The lowest BCUT2D eigenvalue weighted by Gasteiger charge is -2.23. The molecule has 2 N–H and O–H groups in total. The Labute approximate surface area is 107 Å². The quantitative estimate of drug-likeness (QED) is 0.834. The molecule has 0 spiro atoms. The van der Waals surface area contributed by atoms with E-state index < -0.39 is 41.2 Å². The van der Waals surface area contributed by atoms with Gasteiger partial charge >= 0.3 is 6.18 Å². The van der Waals surface area contributed by atoms with Gasteiger partial charge in [0.2, 0.25) is 0 Å². The van der Waals surface area contributed by atoms with Gasteiger partial charge in [0.25, 0.3) is 5.91 Å². The van der Waals surface area contributed by atoms with Crippen molar-refractivity contribution in [2.45, 2.75) is 25.6 Å². The van der Waals surface area contributed by atoms with Gasteiger partial charge in [-0.15, -0.1) is 0 Å². The predicted molar refractivity (Wildman–Crippen MR) is 60.0 cm³/mol. The van der Waals surface area contributed by atoms with Gasteiger partial charge in [0.1, 0.15) is 5.82 Å². The van der Waals surface area contributed by atoms with Crippen LogP contribution < -0.4 is 5.32 Å². The highest BCUT2D eigenvalue weighted by Gasteiger charge is 2.32. The van der Waals surface area contributed by atoms with E-state index >= 15 is 0 Å². The van der Waals surface area contributed by atoms with E-state index in [1.165, 1.54) is 13.8 Å². The number of aliphatic hydroxyl groups is 1. The van der Waals surface area contributed by atoms with Crippen LogP contribution in [0.15, 0.2) is 18.2 Å². The summed E-state index contributed by atoms with van der Waals surface area (Å²) in [6, 6.07) is 1.58. The Bertz CT molecular complexity index is 483. The number of aliphatic hydroxyl groups excluding tert-OH is 1. The van der Waals surface area contributed by atoms with Crippen LogP contribution in [-0.4, -0.2) is 23.2 Å². The van der Waals surface area contributed by atoms with E-state index in [1.807, 2.05) is 0 Å². The smallest absolute Gasteiger partial charge is 0.394 e. The third-order valence-electron chi connectivity index (χ3n) is 2.33. The fraction of sp³-hybridized carbons (Fsp3) is 0.417. The van der Waals surface area contributed by atoms with Crippen molar-refractivity contribution in [2.75, 3.05) is 6.61 Å². The first-order valence-corrected chi connectivity index (χ1v) is 5.36. The lowest BCUT2D eigenvalue weighted by Crippen LogP contribution is -2.46. The predicted octanol–water partition coefficient (Wildman–Crippen LogP) is 2.35. The zero-order valence-electron chi connectivity index (χ0n) is 10.3. The molecule has 19 heavy (non-hydrogen) atoms. The summed E-state index contributed by atoms with van der Waals surface area (Å²) in [5, 5.41) is 11.3. The first kappa shape index (κ1) is 15.4. The molecule has 0 fully saturated rings. The Morgan fingerprint density at radius 1 is 1.26 bits per heavy atom. The molecule has 0 saturated heterocycles. The molecule has 0 unspecified atom stereocenters. The molecule has 0 atom stereocenters. The van der Waals surface area contributed by atoms with E-state index in [-0.39, 0.29) is 0 Å². The number of halogens is 4. The van der Waals surface area contributed by atoms with Crippen LogP contribution in [0.5, 0.6) is 0 Å². The van der Waals surface area contributed by atoms with Crippen molar-refractivity contribution in [2.24, 2.45) is 0 Å². The van der Waals surface area contributed by atoms with Gasteiger partial charge in [0.15, 0.2) is 0 Å². The number of carbonyl (C=O) groups excluding carboxylic acids is 1. The molecule has 0 radical (unpaired) electrons. The van der Waals surface area contributed by atoms with Gasteiger partial charge < -0.3 is 10.4 Å². The van der Waals surface area contributed by atoms with Crippen molar-refractivity contribution in [1.29, 1.82) is 0 Å². The number of carbonyl (C=O) groups is 1. The van der Waals surface area contributed by atoms with Crippen LogP contribution in [0.2, 0.25) is 0 Å². The van der Waals surface area contributed by atoms with Crippen molar-refractivity contribution < 1.29 is 27.5 Å². The third-order valence-corrected chi connectivity index (χ3v) is 2.33. The number of amides is 1. The molecular weight excluding hydrogens is 266 g/mol. The minimum atomic E-state index is -4.73. The molecule has 1 amide bonds. The molecule has 0 aliphatic carbocycles. The molecule has 106 valence electrons. The van der Waals surface area contributed by atoms with Crippen molar-refractivity contribution in [3.05, 3.63) is 35.1 Å². The number of hydrogen-bond acceptors (Lipinski definition) is 2. The average Bonchev–Trinajstić information content (AvgIpc) is 2.26. The Hall–Kier alpha value is -1.63. The fourth-order valence-electron chi connectivity index (χ4n) is 1.30. The van der Waals surface area contributed by atoms with E-state index in [4.69, 9.17) is 5.11 Å². The summed E-state index contributed by atoms with van der Waals surface area (Å²) in [4.78, 5) is 11.7. The maximum absolute atomic E-state index is 13.1. The number of alkyl halides is 3. The highest BCUT2D eigenvalue weighted by molar-refractivity contribution is 5.94. The fourth-order valence-corrected chi connectivity index (χ4v) is 1.30. The molecule has 0 aliphatic heterocycles. The molecule has 1 rings (SSSR count). The van der Waals surface area contributed by atoms with Gasteiger partial charge in [-0.1, -0.05) is 0 Å². The standard InChI is InChI=1S/C12H13F4NO2/c1-11(2,6-18)17-10(19)7-3-8(12(14,15)16)5-9(13)4-7/h3-5,18H,6H2,1-2H3,(H,17,19). The largest absolute Gasteiger partial charge is 0.416 e. The third kappa shape index (κ3) is 4.20. The summed E-state index contributed by atoms with van der Waals surface area (Å²) < 4.78 is 50.5. The van der Waals surface area contributed by atoms with Crippen molar-refractivity contribution in [3.63, 3.8) is 0 Å². The van der Waals surface area contributed by atoms with Gasteiger partial charge in [-0.05, 0) is 32.0 Å². The SMILES string of the molecule is CC(C)(CO)NC(=O)c1cc(F)cc(C(F)(F)F)c1.